The van der Waals surface area contributed by atoms with Gasteiger partial charge in [-0.3, -0.25) is 0 Å². The number of nitrogens with zero attached hydrogens (tertiary/aromatic N) is 4. The summed E-state index contributed by atoms with van der Waals surface area (Å²) in [5.74, 6) is 0.704. The van der Waals surface area contributed by atoms with E-state index in [-0.39, 0.29) is 6.04 Å². The highest BCUT2D eigenvalue weighted by Gasteiger charge is 2.19. The molecule has 6 heteroatoms. The molecule has 136 valence electrons. The van der Waals surface area contributed by atoms with E-state index in [2.05, 4.69) is 40.9 Å². The van der Waals surface area contributed by atoms with Gasteiger partial charge in [-0.25, -0.2) is 4.68 Å². The molecule has 3 aromatic rings. The number of aryl methyl sites for hydroxylation is 1. The summed E-state index contributed by atoms with van der Waals surface area (Å²) in [6, 6.07) is 12.1. The number of pyridine rings is 1. The van der Waals surface area contributed by atoms with Crippen LogP contribution < -0.4 is 4.74 Å². The summed E-state index contributed by atoms with van der Waals surface area (Å²) < 4.78 is 9.97. The van der Waals surface area contributed by atoms with Gasteiger partial charge in [-0.05, 0) is 43.2 Å². The van der Waals surface area contributed by atoms with Gasteiger partial charge >= 0.3 is 0 Å². The average Bonchev–Trinajstić information content (AvgIpc) is 3.13. The second-order valence-electron chi connectivity index (χ2n) is 6.37. The quantitative estimate of drug-likeness (QED) is 0.557. The fraction of sp³-hybridized carbons (Fsp3) is 0.350. The number of ether oxygens (including phenoxy) is 1. The van der Waals surface area contributed by atoms with Crippen LogP contribution in [0.3, 0.4) is 0 Å². The molecule has 0 aliphatic carbocycles. The maximum Gasteiger partial charge on any atom is 0.153 e. The van der Waals surface area contributed by atoms with Crippen LogP contribution in [0.4, 0.5) is 0 Å². The van der Waals surface area contributed by atoms with E-state index in [4.69, 9.17) is 17.0 Å². The highest BCUT2D eigenvalue weighted by Crippen LogP contribution is 2.26. The molecule has 1 unspecified atom stereocenters. The van der Waals surface area contributed by atoms with Crippen LogP contribution in [0.15, 0.2) is 48.8 Å². The van der Waals surface area contributed by atoms with Gasteiger partial charge < -0.3 is 9.30 Å². The highest BCUT2D eigenvalue weighted by molar-refractivity contribution is 7.71. The Kier molecular flexibility index (Phi) is 5.83. The van der Waals surface area contributed by atoms with E-state index < -0.39 is 0 Å². The number of unbranched alkanes of at least 4 members (excludes halogenated alkanes) is 1. The Hall–Kier alpha value is -2.47. The molecule has 0 aliphatic heterocycles. The number of aromatic nitrogens is 4. The predicted molar refractivity (Wildman–Crippen MR) is 106 cm³/mol. The van der Waals surface area contributed by atoms with Crippen LogP contribution >= 0.6 is 12.2 Å². The molecule has 0 bridgehead atoms. The van der Waals surface area contributed by atoms with Crippen molar-refractivity contribution in [2.45, 2.75) is 39.2 Å². The van der Waals surface area contributed by atoms with Gasteiger partial charge in [0.25, 0.3) is 0 Å². The lowest BCUT2D eigenvalue weighted by molar-refractivity contribution is 0.399. The van der Waals surface area contributed by atoms with Gasteiger partial charge in [-0.15, -0.1) is 5.10 Å². The first kappa shape index (κ1) is 18.3. The monoisotopic (exact) mass is 368 g/mol. The van der Waals surface area contributed by atoms with Crippen molar-refractivity contribution in [1.29, 1.82) is 0 Å². The average molecular weight is 369 g/mol. The van der Waals surface area contributed by atoms with Gasteiger partial charge in [0.2, 0.25) is 0 Å². The molecule has 1 atom stereocenters. The first-order chi connectivity index (χ1) is 12.6. The Bertz CT molecular complexity index is 931. The zero-order valence-corrected chi connectivity index (χ0v) is 16.2. The van der Waals surface area contributed by atoms with Crippen LogP contribution in [-0.4, -0.2) is 26.7 Å². The molecule has 3 rings (SSSR count). The zero-order chi connectivity index (χ0) is 18.5. The largest absolute Gasteiger partial charge is 0.494 e. The topological polar surface area (TPSA) is 44.9 Å². The van der Waals surface area contributed by atoms with E-state index in [1.54, 1.807) is 7.11 Å². The third-order valence-electron chi connectivity index (χ3n) is 4.45. The Morgan fingerprint density at radius 3 is 2.81 bits per heavy atom. The molecule has 0 radical (unpaired) electrons. The Labute approximate surface area is 159 Å². The summed E-state index contributed by atoms with van der Waals surface area (Å²) in [6.07, 6.45) is 7.14. The molecular weight excluding hydrogens is 344 g/mol. The summed E-state index contributed by atoms with van der Waals surface area (Å²) in [5.41, 5.74) is 3.11. The number of rotatable bonds is 7. The van der Waals surface area contributed by atoms with E-state index >= 15 is 0 Å². The maximum absolute atomic E-state index is 5.62. The van der Waals surface area contributed by atoms with Crippen molar-refractivity contribution in [3.63, 3.8) is 0 Å². The molecule has 0 saturated carbocycles. The SMILES string of the molecule is CCCCC(c1cn(-c2cccc(C)c2)nn1)n1cccc(OC)c1=S. The van der Waals surface area contributed by atoms with Gasteiger partial charge in [0.05, 0.1) is 25.0 Å². The van der Waals surface area contributed by atoms with E-state index in [0.29, 0.717) is 10.4 Å². The van der Waals surface area contributed by atoms with Crippen LogP contribution in [0.2, 0.25) is 0 Å². The molecule has 0 amide bonds. The summed E-state index contributed by atoms with van der Waals surface area (Å²) in [5, 5.41) is 8.80. The fourth-order valence-corrected chi connectivity index (χ4v) is 3.38. The summed E-state index contributed by atoms with van der Waals surface area (Å²) in [7, 11) is 1.64. The Balaban J connectivity index is 2.00. The van der Waals surface area contributed by atoms with Gasteiger partial charge in [0.1, 0.15) is 10.3 Å². The fourth-order valence-electron chi connectivity index (χ4n) is 3.04. The van der Waals surface area contributed by atoms with Gasteiger partial charge in [-0.1, -0.05) is 49.3 Å². The normalized spacial score (nSPS) is 12.1. The first-order valence-electron chi connectivity index (χ1n) is 8.88. The molecule has 0 aliphatic rings. The summed E-state index contributed by atoms with van der Waals surface area (Å²) in [4.78, 5) is 0. The van der Waals surface area contributed by atoms with Gasteiger partial charge in [-0.2, -0.15) is 0 Å². The van der Waals surface area contributed by atoms with Crippen LogP contribution in [0.1, 0.15) is 43.5 Å². The van der Waals surface area contributed by atoms with Crippen LogP contribution in [0.5, 0.6) is 5.75 Å². The molecule has 0 N–H and O–H groups in total. The lowest BCUT2D eigenvalue weighted by Crippen LogP contribution is -2.13. The molecule has 0 saturated heterocycles. The lowest BCUT2D eigenvalue weighted by Gasteiger charge is -2.19. The summed E-state index contributed by atoms with van der Waals surface area (Å²) in [6.45, 7) is 4.26. The van der Waals surface area contributed by atoms with E-state index in [1.165, 1.54) is 5.56 Å². The first-order valence-corrected chi connectivity index (χ1v) is 9.29. The molecule has 0 spiro atoms. The Morgan fingerprint density at radius 1 is 1.23 bits per heavy atom. The second-order valence-corrected chi connectivity index (χ2v) is 6.76. The molecule has 2 aromatic heterocycles. The van der Waals surface area contributed by atoms with Crippen molar-refractivity contribution >= 4 is 12.2 Å². The third-order valence-corrected chi connectivity index (χ3v) is 4.86. The van der Waals surface area contributed by atoms with Gasteiger partial charge in [0.15, 0.2) is 5.75 Å². The van der Waals surface area contributed by atoms with E-state index in [0.717, 1.165) is 30.6 Å². The van der Waals surface area contributed by atoms with Crippen molar-refractivity contribution < 1.29 is 4.74 Å². The number of hydrogen-bond donors (Lipinski definition) is 0. The van der Waals surface area contributed by atoms with Crippen LogP contribution in [-0.2, 0) is 0 Å². The van der Waals surface area contributed by atoms with Crippen molar-refractivity contribution in [2.24, 2.45) is 0 Å². The minimum atomic E-state index is 0.0381. The predicted octanol–water partition coefficient (Wildman–Crippen LogP) is 4.89. The van der Waals surface area contributed by atoms with E-state index in [1.807, 2.05) is 41.3 Å². The highest BCUT2D eigenvalue weighted by atomic mass is 32.1. The number of methoxy groups -OCH3 is 1. The molecular formula is C20H24N4OS. The number of benzene rings is 1. The van der Waals surface area contributed by atoms with Gasteiger partial charge in [0, 0.05) is 6.20 Å². The Morgan fingerprint density at radius 2 is 2.08 bits per heavy atom. The van der Waals surface area contributed by atoms with Crippen molar-refractivity contribution in [2.75, 3.05) is 7.11 Å². The second kappa shape index (κ2) is 8.27. The molecule has 5 nitrogen and oxygen atoms in total. The minimum absolute atomic E-state index is 0.0381. The lowest BCUT2D eigenvalue weighted by atomic mass is 10.1. The smallest absolute Gasteiger partial charge is 0.153 e. The third kappa shape index (κ3) is 3.85. The van der Waals surface area contributed by atoms with E-state index in [9.17, 15) is 0 Å². The number of hydrogen-bond acceptors (Lipinski definition) is 4. The van der Waals surface area contributed by atoms with Crippen LogP contribution in [0, 0.1) is 11.6 Å². The zero-order valence-electron chi connectivity index (χ0n) is 15.4. The standard InChI is InChI=1S/C20H24N4OS/c1-4-5-10-18(23-12-7-11-19(25-3)20(23)26)17-14-24(22-21-17)16-9-6-8-15(2)13-16/h6-9,11-14,18H,4-5,10H2,1-3H3. The molecule has 0 fully saturated rings. The minimum Gasteiger partial charge on any atom is -0.494 e. The van der Waals surface area contributed by atoms with Crippen molar-refractivity contribution in [3.8, 4) is 11.4 Å². The molecule has 2 heterocycles. The molecule has 1 aromatic carbocycles. The van der Waals surface area contributed by atoms with Crippen molar-refractivity contribution in [3.05, 3.63) is 64.7 Å². The summed E-state index contributed by atoms with van der Waals surface area (Å²) >= 11 is 5.62. The maximum atomic E-state index is 5.62. The molecule has 26 heavy (non-hydrogen) atoms. The van der Waals surface area contributed by atoms with Crippen LogP contribution in [0.25, 0.3) is 5.69 Å². The van der Waals surface area contributed by atoms with Crippen molar-refractivity contribution in [1.82, 2.24) is 19.6 Å².